The van der Waals surface area contributed by atoms with Crippen LogP contribution in [0.2, 0.25) is 19.6 Å². The average molecular weight is 181 g/mol. The highest BCUT2D eigenvalue weighted by atomic mass is 28.3. The van der Waals surface area contributed by atoms with Crippen molar-refractivity contribution in [2.24, 2.45) is 0 Å². The van der Waals surface area contributed by atoms with Gasteiger partial charge in [0.05, 0.1) is 6.04 Å². The summed E-state index contributed by atoms with van der Waals surface area (Å²) in [4.78, 5) is 0. The SMILES string of the molecule is CCC[C@H]1N[C@@H]1C#C[Si](C)(C)C. The molecule has 1 N–H and O–H groups in total. The van der Waals surface area contributed by atoms with Crippen molar-refractivity contribution in [1.82, 2.24) is 5.32 Å². The summed E-state index contributed by atoms with van der Waals surface area (Å²) < 4.78 is 0. The maximum Gasteiger partial charge on any atom is 0.129 e. The van der Waals surface area contributed by atoms with Gasteiger partial charge in [-0.15, -0.1) is 5.54 Å². The third-order valence-electron chi connectivity index (χ3n) is 1.89. The molecule has 2 heteroatoms. The molecule has 0 unspecified atom stereocenters. The van der Waals surface area contributed by atoms with Crippen LogP contribution in [-0.4, -0.2) is 20.2 Å². The summed E-state index contributed by atoms with van der Waals surface area (Å²) in [6.07, 6.45) is 2.55. The van der Waals surface area contributed by atoms with Gasteiger partial charge in [0.1, 0.15) is 8.07 Å². The quantitative estimate of drug-likeness (QED) is 0.393. The van der Waals surface area contributed by atoms with Crippen LogP contribution in [0, 0.1) is 11.5 Å². The van der Waals surface area contributed by atoms with E-state index in [1.54, 1.807) is 0 Å². The van der Waals surface area contributed by atoms with Crippen LogP contribution in [0.25, 0.3) is 0 Å². The lowest BCUT2D eigenvalue weighted by molar-refractivity contribution is 0.772. The van der Waals surface area contributed by atoms with Crippen LogP contribution in [-0.2, 0) is 0 Å². The Labute approximate surface area is 76.9 Å². The van der Waals surface area contributed by atoms with Crippen LogP contribution < -0.4 is 5.32 Å². The van der Waals surface area contributed by atoms with Gasteiger partial charge in [-0.2, -0.15) is 0 Å². The Morgan fingerprint density at radius 2 is 2.00 bits per heavy atom. The zero-order valence-electron chi connectivity index (χ0n) is 8.57. The van der Waals surface area contributed by atoms with Crippen molar-refractivity contribution in [2.75, 3.05) is 0 Å². The molecule has 0 bridgehead atoms. The molecule has 12 heavy (non-hydrogen) atoms. The Morgan fingerprint density at radius 1 is 1.33 bits per heavy atom. The number of nitrogens with one attached hydrogen (secondary N) is 1. The van der Waals surface area contributed by atoms with Gasteiger partial charge in [-0.25, -0.2) is 0 Å². The molecule has 1 saturated heterocycles. The van der Waals surface area contributed by atoms with Gasteiger partial charge in [-0.05, 0) is 6.42 Å². The van der Waals surface area contributed by atoms with Crippen molar-refractivity contribution in [1.29, 1.82) is 0 Å². The van der Waals surface area contributed by atoms with E-state index in [1.165, 1.54) is 12.8 Å². The third kappa shape index (κ3) is 3.42. The highest BCUT2D eigenvalue weighted by Crippen LogP contribution is 2.15. The fraction of sp³-hybridized carbons (Fsp3) is 0.800. The van der Waals surface area contributed by atoms with Crippen LogP contribution >= 0.6 is 0 Å². The summed E-state index contributed by atoms with van der Waals surface area (Å²) in [6, 6.07) is 1.23. The first-order chi connectivity index (χ1) is 5.53. The molecular formula is C10H19NSi. The number of hydrogen-bond acceptors (Lipinski definition) is 1. The summed E-state index contributed by atoms with van der Waals surface area (Å²) in [7, 11) is -1.13. The van der Waals surface area contributed by atoms with E-state index >= 15 is 0 Å². The average Bonchev–Trinajstić information content (AvgIpc) is 2.63. The monoisotopic (exact) mass is 181 g/mol. The molecule has 68 valence electrons. The van der Waals surface area contributed by atoms with Gasteiger partial charge in [-0.1, -0.05) is 38.9 Å². The molecule has 1 heterocycles. The second kappa shape index (κ2) is 3.63. The van der Waals surface area contributed by atoms with Crippen LogP contribution in [0.5, 0.6) is 0 Å². The molecule has 0 aliphatic carbocycles. The molecule has 0 amide bonds. The van der Waals surface area contributed by atoms with E-state index in [1.807, 2.05) is 0 Å². The Morgan fingerprint density at radius 3 is 2.50 bits per heavy atom. The van der Waals surface area contributed by atoms with Crippen molar-refractivity contribution in [3.05, 3.63) is 0 Å². The highest BCUT2D eigenvalue weighted by Gasteiger charge is 2.33. The smallest absolute Gasteiger partial charge is 0.129 e. The molecule has 1 aliphatic rings. The van der Waals surface area contributed by atoms with Crippen LogP contribution in [0.3, 0.4) is 0 Å². The van der Waals surface area contributed by atoms with Crippen molar-refractivity contribution in [2.45, 2.75) is 51.5 Å². The predicted molar refractivity (Wildman–Crippen MR) is 56.7 cm³/mol. The van der Waals surface area contributed by atoms with Gasteiger partial charge >= 0.3 is 0 Å². The van der Waals surface area contributed by atoms with E-state index in [4.69, 9.17) is 0 Å². The van der Waals surface area contributed by atoms with Crippen molar-refractivity contribution in [3.63, 3.8) is 0 Å². The molecule has 1 rings (SSSR count). The minimum absolute atomic E-state index is 0.525. The molecule has 1 aliphatic heterocycles. The maximum absolute atomic E-state index is 3.40. The minimum atomic E-state index is -1.13. The first kappa shape index (κ1) is 9.82. The van der Waals surface area contributed by atoms with Gasteiger partial charge in [0, 0.05) is 6.04 Å². The molecule has 1 nitrogen and oxygen atoms in total. The molecule has 0 aromatic rings. The summed E-state index contributed by atoms with van der Waals surface area (Å²) in [5.41, 5.74) is 3.40. The van der Waals surface area contributed by atoms with E-state index in [9.17, 15) is 0 Å². The third-order valence-corrected chi connectivity index (χ3v) is 2.78. The zero-order valence-corrected chi connectivity index (χ0v) is 9.57. The molecule has 0 saturated carbocycles. The fourth-order valence-electron chi connectivity index (χ4n) is 1.17. The summed E-state index contributed by atoms with van der Waals surface area (Å²) in [6.45, 7) is 9.09. The van der Waals surface area contributed by atoms with E-state index < -0.39 is 8.07 Å². The van der Waals surface area contributed by atoms with E-state index in [-0.39, 0.29) is 0 Å². The molecule has 0 spiro atoms. The lowest BCUT2D eigenvalue weighted by Gasteiger charge is -2.02. The number of rotatable bonds is 2. The highest BCUT2D eigenvalue weighted by molar-refractivity contribution is 6.83. The van der Waals surface area contributed by atoms with Crippen LogP contribution in [0.1, 0.15) is 19.8 Å². The zero-order chi connectivity index (χ0) is 9.19. The van der Waals surface area contributed by atoms with Crippen LogP contribution in [0.15, 0.2) is 0 Å². The first-order valence-electron chi connectivity index (χ1n) is 4.81. The van der Waals surface area contributed by atoms with E-state index in [0.29, 0.717) is 12.1 Å². The van der Waals surface area contributed by atoms with Gasteiger partial charge in [0.25, 0.3) is 0 Å². The Kier molecular flexibility index (Phi) is 2.97. The topological polar surface area (TPSA) is 21.9 Å². The predicted octanol–water partition coefficient (Wildman–Crippen LogP) is 2.01. The lowest BCUT2D eigenvalue weighted by atomic mass is 10.2. The lowest BCUT2D eigenvalue weighted by Crippen LogP contribution is -2.16. The standard InChI is InChI=1S/C10H19NSi/c1-5-6-9-10(11-9)7-8-12(2,3)4/h9-11H,5-6H2,1-4H3/t9-,10-/m1/s1. The van der Waals surface area contributed by atoms with Crippen molar-refractivity contribution < 1.29 is 0 Å². The maximum atomic E-state index is 3.40. The van der Waals surface area contributed by atoms with E-state index in [0.717, 1.165) is 0 Å². The summed E-state index contributed by atoms with van der Waals surface area (Å²) >= 11 is 0. The second-order valence-corrected chi connectivity index (χ2v) is 9.31. The largest absolute Gasteiger partial charge is 0.297 e. The molecule has 0 radical (unpaired) electrons. The Hall–Kier alpha value is -0.263. The molecule has 2 atom stereocenters. The first-order valence-corrected chi connectivity index (χ1v) is 8.31. The molecule has 0 aromatic carbocycles. The molecular weight excluding hydrogens is 162 g/mol. The van der Waals surface area contributed by atoms with Crippen molar-refractivity contribution >= 4 is 8.07 Å². The van der Waals surface area contributed by atoms with E-state index in [2.05, 4.69) is 43.3 Å². The summed E-state index contributed by atoms with van der Waals surface area (Å²) in [5, 5.41) is 3.39. The van der Waals surface area contributed by atoms with Crippen LogP contribution in [0.4, 0.5) is 0 Å². The fourth-order valence-corrected chi connectivity index (χ4v) is 1.76. The van der Waals surface area contributed by atoms with Gasteiger partial charge < -0.3 is 0 Å². The Balaban J connectivity index is 2.30. The molecule has 1 fully saturated rings. The molecule has 0 aromatic heterocycles. The summed E-state index contributed by atoms with van der Waals surface area (Å²) in [5.74, 6) is 3.33. The second-order valence-electron chi connectivity index (χ2n) is 4.56. The normalized spacial score (nSPS) is 27.7. The van der Waals surface area contributed by atoms with Gasteiger partial charge in [0.2, 0.25) is 0 Å². The van der Waals surface area contributed by atoms with Gasteiger partial charge in [0.15, 0.2) is 0 Å². The Bertz CT molecular complexity index is 206. The van der Waals surface area contributed by atoms with Crippen molar-refractivity contribution in [3.8, 4) is 11.5 Å². The minimum Gasteiger partial charge on any atom is -0.297 e. The van der Waals surface area contributed by atoms with Gasteiger partial charge in [-0.3, -0.25) is 5.32 Å². The number of hydrogen-bond donors (Lipinski definition) is 1.